The zero-order valence-electron chi connectivity index (χ0n) is 13.7. The van der Waals surface area contributed by atoms with Crippen LogP contribution in [0.5, 0.6) is 11.5 Å². The molecule has 6 heteroatoms. The Morgan fingerprint density at radius 3 is 2.40 bits per heavy atom. The minimum absolute atomic E-state index is 0.0629. The van der Waals surface area contributed by atoms with Gasteiger partial charge in [-0.15, -0.1) is 0 Å². The van der Waals surface area contributed by atoms with Gasteiger partial charge < -0.3 is 20.8 Å². The van der Waals surface area contributed by atoms with Crippen LogP contribution in [0.4, 0.5) is 4.39 Å². The summed E-state index contributed by atoms with van der Waals surface area (Å²) >= 11 is 0. The molecule has 0 saturated carbocycles. The van der Waals surface area contributed by atoms with Crippen LogP contribution in [-0.2, 0) is 4.79 Å². The van der Waals surface area contributed by atoms with E-state index in [4.69, 9.17) is 5.73 Å². The van der Waals surface area contributed by atoms with Crippen molar-refractivity contribution >= 4 is 5.91 Å². The van der Waals surface area contributed by atoms with Crippen LogP contribution in [-0.4, -0.2) is 34.1 Å². The number of hydrogen-bond acceptors (Lipinski definition) is 4. The summed E-state index contributed by atoms with van der Waals surface area (Å²) in [5.41, 5.74) is 7.31. The molecule has 0 radical (unpaired) electrons. The molecule has 1 aliphatic heterocycles. The number of phenolic OH excluding ortho intramolecular Hbond substituents is 2. The van der Waals surface area contributed by atoms with Gasteiger partial charge >= 0.3 is 0 Å². The molecule has 0 aromatic heterocycles. The van der Waals surface area contributed by atoms with Gasteiger partial charge in [-0.1, -0.05) is 30.3 Å². The summed E-state index contributed by atoms with van der Waals surface area (Å²) in [6.45, 7) is 0.984. The number of piperidine rings is 1. The van der Waals surface area contributed by atoms with Crippen LogP contribution in [0, 0.1) is 5.82 Å². The van der Waals surface area contributed by atoms with E-state index in [1.165, 1.54) is 6.07 Å². The van der Waals surface area contributed by atoms with E-state index in [1.807, 2.05) is 30.3 Å². The number of phenols is 2. The fourth-order valence-corrected chi connectivity index (χ4v) is 3.30. The average molecular weight is 344 g/mol. The first kappa shape index (κ1) is 17.2. The quantitative estimate of drug-likeness (QED) is 0.799. The summed E-state index contributed by atoms with van der Waals surface area (Å²) in [7, 11) is 0. The summed E-state index contributed by atoms with van der Waals surface area (Å²) in [6.07, 6.45) is 1.20. The zero-order chi connectivity index (χ0) is 18.0. The molecule has 5 nitrogen and oxygen atoms in total. The first-order valence-electron chi connectivity index (χ1n) is 8.28. The topological polar surface area (TPSA) is 86.8 Å². The molecule has 1 amide bonds. The molecule has 1 aliphatic rings. The van der Waals surface area contributed by atoms with Gasteiger partial charge in [0.05, 0.1) is 0 Å². The van der Waals surface area contributed by atoms with E-state index in [1.54, 1.807) is 4.90 Å². The molecule has 0 spiro atoms. The summed E-state index contributed by atoms with van der Waals surface area (Å²) in [5.74, 6) is -1.64. The van der Waals surface area contributed by atoms with Gasteiger partial charge in [0.1, 0.15) is 11.8 Å². The van der Waals surface area contributed by atoms with Gasteiger partial charge in [-0.3, -0.25) is 4.79 Å². The minimum atomic E-state index is -0.752. The number of amides is 1. The smallest absolute Gasteiger partial charge is 0.244 e. The zero-order valence-corrected chi connectivity index (χ0v) is 13.7. The Morgan fingerprint density at radius 1 is 1.12 bits per heavy atom. The molecule has 2 aromatic carbocycles. The number of benzene rings is 2. The van der Waals surface area contributed by atoms with Crippen molar-refractivity contribution < 1.29 is 19.4 Å². The van der Waals surface area contributed by atoms with Crippen LogP contribution in [0.1, 0.15) is 35.9 Å². The van der Waals surface area contributed by atoms with Gasteiger partial charge in [0.15, 0.2) is 11.6 Å². The van der Waals surface area contributed by atoms with Crippen molar-refractivity contribution in [1.82, 2.24) is 4.90 Å². The van der Waals surface area contributed by atoms with Crippen molar-refractivity contribution in [2.24, 2.45) is 5.73 Å². The highest BCUT2D eigenvalue weighted by atomic mass is 19.1. The van der Waals surface area contributed by atoms with Gasteiger partial charge in [0.2, 0.25) is 5.91 Å². The van der Waals surface area contributed by atoms with E-state index < -0.39 is 17.6 Å². The Morgan fingerprint density at radius 2 is 1.76 bits per heavy atom. The normalized spacial score (nSPS) is 16.6. The van der Waals surface area contributed by atoms with Crippen LogP contribution in [0.25, 0.3) is 0 Å². The van der Waals surface area contributed by atoms with Crippen molar-refractivity contribution in [1.29, 1.82) is 0 Å². The van der Waals surface area contributed by atoms with E-state index in [9.17, 15) is 19.4 Å². The molecule has 2 aromatic rings. The van der Waals surface area contributed by atoms with Gasteiger partial charge in [-0.2, -0.15) is 0 Å². The van der Waals surface area contributed by atoms with Crippen molar-refractivity contribution in [3.8, 4) is 11.5 Å². The third-order valence-electron chi connectivity index (χ3n) is 4.77. The van der Waals surface area contributed by atoms with E-state index in [0.717, 1.165) is 11.6 Å². The van der Waals surface area contributed by atoms with E-state index in [0.29, 0.717) is 31.5 Å². The molecule has 0 unspecified atom stereocenters. The number of hydrogen-bond donors (Lipinski definition) is 3. The van der Waals surface area contributed by atoms with E-state index in [2.05, 4.69) is 0 Å². The number of carbonyl (C=O) groups is 1. The third kappa shape index (κ3) is 3.58. The van der Waals surface area contributed by atoms with E-state index in [-0.39, 0.29) is 17.6 Å². The number of aromatic hydroxyl groups is 2. The maximum Gasteiger partial charge on any atom is 0.244 e. The van der Waals surface area contributed by atoms with E-state index >= 15 is 0 Å². The first-order chi connectivity index (χ1) is 12.0. The van der Waals surface area contributed by atoms with Crippen LogP contribution in [0.3, 0.4) is 0 Å². The fraction of sp³-hybridized carbons (Fsp3) is 0.316. The molecular formula is C19H21FN2O3. The number of carbonyl (C=O) groups excluding carboxylic acids is 1. The average Bonchev–Trinajstić information content (AvgIpc) is 2.64. The fourth-order valence-electron chi connectivity index (χ4n) is 3.30. The number of nitrogens with two attached hydrogens (primary N) is 1. The maximum atomic E-state index is 13.6. The summed E-state index contributed by atoms with van der Waals surface area (Å²) < 4.78 is 13.6. The lowest BCUT2D eigenvalue weighted by atomic mass is 9.88. The largest absolute Gasteiger partial charge is 0.508 e. The molecule has 1 heterocycles. The van der Waals surface area contributed by atoms with Gasteiger partial charge in [-0.25, -0.2) is 4.39 Å². The Bertz CT molecular complexity index is 759. The lowest BCUT2D eigenvalue weighted by Gasteiger charge is -2.34. The van der Waals surface area contributed by atoms with Crippen molar-refractivity contribution in [2.75, 3.05) is 13.1 Å². The van der Waals surface area contributed by atoms with Gasteiger partial charge in [0, 0.05) is 24.7 Å². The number of rotatable bonds is 3. The van der Waals surface area contributed by atoms with Gasteiger partial charge in [-0.05, 0) is 30.4 Å². The second-order valence-electron chi connectivity index (χ2n) is 6.35. The summed E-state index contributed by atoms with van der Waals surface area (Å²) in [6, 6.07) is 10.7. The molecule has 1 fully saturated rings. The standard InChI is InChI=1S/C19H21FN2O3/c20-15-10-14(16(23)11-17(15)24)12-6-8-22(9-7-12)19(25)18(21)13-4-2-1-3-5-13/h1-5,10-12,18,23-24H,6-9,21H2/t18-/m0/s1. The van der Waals surface area contributed by atoms with Crippen molar-refractivity contribution in [2.45, 2.75) is 24.8 Å². The highest BCUT2D eigenvalue weighted by molar-refractivity contribution is 5.83. The molecular weight excluding hydrogens is 323 g/mol. The van der Waals surface area contributed by atoms with Crippen molar-refractivity contribution in [3.63, 3.8) is 0 Å². The lowest BCUT2D eigenvalue weighted by molar-refractivity contribution is -0.133. The molecule has 132 valence electrons. The summed E-state index contributed by atoms with van der Waals surface area (Å²) in [5, 5.41) is 19.3. The Hall–Kier alpha value is -2.60. The second kappa shape index (κ2) is 7.11. The predicted octanol–water partition coefficient (Wildman–Crippen LogP) is 2.64. The third-order valence-corrected chi connectivity index (χ3v) is 4.77. The maximum absolute atomic E-state index is 13.6. The number of likely N-dealkylation sites (tertiary alicyclic amines) is 1. The van der Waals surface area contributed by atoms with Gasteiger partial charge in [0.25, 0.3) is 0 Å². The Balaban J connectivity index is 1.66. The van der Waals surface area contributed by atoms with Crippen LogP contribution < -0.4 is 5.73 Å². The first-order valence-corrected chi connectivity index (χ1v) is 8.28. The SMILES string of the molecule is N[C@H](C(=O)N1CCC(c2cc(F)c(O)cc2O)CC1)c1ccccc1. The minimum Gasteiger partial charge on any atom is -0.508 e. The molecule has 4 N–H and O–H groups in total. The highest BCUT2D eigenvalue weighted by Gasteiger charge is 2.29. The van der Waals surface area contributed by atoms with Crippen molar-refractivity contribution in [3.05, 3.63) is 59.4 Å². The highest BCUT2D eigenvalue weighted by Crippen LogP contribution is 2.37. The molecule has 25 heavy (non-hydrogen) atoms. The predicted molar refractivity (Wildman–Crippen MR) is 91.7 cm³/mol. The molecule has 0 aliphatic carbocycles. The van der Waals surface area contributed by atoms with Crippen LogP contribution in [0.15, 0.2) is 42.5 Å². The Kier molecular flexibility index (Phi) is 4.90. The van der Waals surface area contributed by atoms with Crippen LogP contribution in [0.2, 0.25) is 0 Å². The number of halogens is 1. The Labute approximate surface area is 145 Å². The second-order valence-corrected chi connectivity index (χ2v) is 6.35. The monoisotopic (exact) mass is 344 g/mol. The lowest BCUT2D eigenvalue weighted by Crippen LogP contribution is -2.42. The summed E-state index contributed by atoms with van der Waals surface area (Å²) in [4.78, 5) is 14.3. The number of nitrogens with zero attached hydrogens (tertiary/aromatic N) is 1. The molecule has 1 saturated heterocycles. The molecule has 0 bridgehead atoms. The molecule has 3 rings (SSSR count). The molecule has 1 atom stereocenters. The van der Waals surface area contributed by atoms with Crippen LogP contribution >= 0.6 is 0 Å².